The standard InChI is InChI=1S/C10H14.C5H12.C4H10.C2H6/c1-3-9-5-7-10(4-2)8-6-9;1-3-5-4-2;1-3-4-2;1-2/h5-8H,3-4H2,1-2H3;3-5H2,1-2H3;3-4H2,1-2H3;1-2H3. The third-order valence-corrected chi connectivity index (χ3v) is 3.05. The highest BCUT2D eigenvalue weighted by Gasteiger charge is 1.88. The lowest BCUT2D eigenvalue weighted by atomic mass is 10.1. The topological polar surface area (TPSA) is 0 Å². The fraction of sp³-hybridized carbons (Fsp3) is 0.714. The Kier molecular flexibility index (Phi) is 29.1. The van der Waals surface area contributed by atoms with Gasteiger partial charge in [-0.2, -0.15) is 0 Å². The lowest BCUT2D eigenvalue weighted by molar-refractivity contribution is 0.772. The van der Waals surface area contributed by atoms with Crippen LogP contribution in [0.15, 0.2) is 24.3 Å². The van der Waals surface area contributed by atoms with Crippen LogP contribution in [0.4, 0.5) is 0 Å². The average molecular weight is 295 g/mol. The van der Waals surface area contributed by atoms with E-state index in [1.54, 1.807) is 0 Å². The second kappa shape index (κ2) is 24.3. The number of hydrogen-bond donors (Lipinski definition) is 0. The van der Waals surface area contributed by atoms with Crippen molar-refractivity contribution in [2.75, 3.05) is 0 Å². The minimum atomic E-state index is 1.14. The first-order valence-corrected chi connectivity index (χ1v) is 9.27. The minimum Gasteiger partial charge on any atom is -0.0683 e. The molecule has 0 spiro atoms. The van der Waals surface area contributed by atoms with E-state index in [-0.39, 0.29) is 0 Å². The molecule has 0 aromatic heterocycles. The van der Waals surface area contributed by atoms with Crippen LogP contribution in [0.1, 0.15) is 98.6 Å². The Morgan fingerprint density at radius 3 is 0.905 bits per heavy atom. The Morgan fingerprint density at radius 2 is 0.810 bits per heavy atom. The molecule has 0 aliphatic heterocycles. The molecule has 0 fully saturated rings. The van der Waals surface area contributed by atoms with Crippen molar-refractivity contribution in [2.45, 2.75) is 100 Å². The molecule has 0 saturated heterocycles. The third-order valence-electron chi connectivity index (χ3n) is 3.05. The van der Waals surface area contributed by atoms with Crippen LogP contribution in [-0.4, -0.2) is 0 Å². The Hall–Kier alpha value is -0.780. The van der Waals surface area contributed by atoms with Gasteiger partial charge in [0.2, 0.25) is 0 Å². The van der Waals surface area contributed by atoms with Crippen LogP contribution in [0.2, 0.25) is 0 Å². The number of rotatable bonds is 5. The van der Waals surface area contributed by atoms with Gasteiger partial charge < -0.3 is 0 Å². The first-order valence-electron chi connectivity index (χ1n) is 9.27. The van der Waals surface area contributed by atoms with Crippen molar-refractivity contribution >= 4 is 0 Å². The van der Waals surface area contributed by atoms with Crippen molar-refractivity contribution in [3.63, 3.8) is 0 Å². The molecule has 1 aromatic carbocycles. The van der Waals surface area contributed by atoms with E-state index < -0.39 is 0 Å². The molecule has 1 aromatic rings. The SMILES string of the molecule is CC.CCCC.CCCCC.CCc1ccc(CC)cc1. The zero-order valence-electron chi connectivity index (χ0n) is 16.3. The van der Waals surface area contributed by atoms with Gasteiger partial charge in [0, 0.05) is 0 Å². The maximum absolute atomic E-state index is 2.21. The zero-order valence-corrected chi connectivity index (χ0v) is 16.3. The van der Waals surface area contributed by atoms with Crippen LogP contribution in [0, 0.1) is 0 Å². The number of unbranched alkanes of at least 4 members (excludes halogenated alkanes) is 3. The highest BCUT2D eigenvalue weighted by atomic mass is 13.9. The Labute approximate surface area is 136 Å². The van der Waals surface area contributed by atoms with Gasteiger partial charge in [-0.15, -0.1) is 0 Å². The Morgan fingerprint density at radius 1 is 0.524 bits per heavy atom. The second-order valence-corrected chi connectivity index (χ2v) is 4.88. The summed E-state index contributed by atoms with van der Waals surface area (Å²) in [6.07, 6.45) is 9.00. The highest BCUT2D eigenvalue weighted by molar-refractivity contribution is 5.22. The van der Waals surface area contributed by atoms with E-state index in [2.05, 4.69) is 65.8 Å². The fourth-order valence-electron chi connectivity index (χ4n) is 1.36. The Balaban J connectivity index is -0.000000250. The largest absolute Gasteiger partial charge is 0.0683 e. The van der Waals surface area contributed by atoms with Gasteiger partial charge in [-0.3, -0.25) is 0 Å². The van der Waals surface area contributed by atoms with E-state index in [1.807, 2.05) is 13.8 Å². The molecule has 0 nitrogen and oxygen atoms in total. The fourth-order valence-corrected chi connectivity index (χ4v) is 1.36. The molecule has 21 heavy (non-hydrogen) atoms. The average Bonchev–Trinajstić information content (AvgIpc) is 2.58. The van der Waals surface area contributed by atoms with Crippen molar-refractivity contribution < 1.29 is 0 Å². The predicted octanol–water partition coefficient (Wildman–Crippen LogP) is 7.84. The van der Waals surface area contributed by atoms with E-state index in [0.29, 0.717) is 0 Å². The van der Waals surface area contributed by atoms with Crippen molar-refractivity contribution in [2.24, 2.45) is 0 Å². The van der Waals surface area contributed by atoms with Crippen LogP contribution < -0.4 is 0 Å². The normalized spacial score (nSPS) is 8.38. The highest BCUT2D eigenvalue weighted by Crippen LogP contribution is 2.04. The Bertz CT molecular complexity index is 218. The van der Waals surface area contributed by atoms with Crippen LogP contribution >= 0.6 is 0 Å². The van der Waals surface area contributed by atoms with Crippen molar-refractivity contribution in [1.82, 2.24) is 0 Å². The van der Waals surface area contributed by atoms with Gasteiger partial charge in [-0.1, -0.05) is 112 Å². The molecular formula is C21H42. The van der Waals surface area contributed by atoms with Crippen LogP contribution in [-0.2, 0) is 12.8 Å². The van der Waals surface area contributed by atoms with Gasteiger partial charge >= 0.3 is 0 Å². The summed E-state index contributed by atoms with van der Waals surface area (Å²) < 4.78 is 0. The van der Waals surface area contributed by atoms with Crippen LogP contribution in [0.3, 0.4) is 0 Å². The number of hydrogen-bond acceptors (Lipinski definition) is 0. The van der Waals surface area contributed by atoms with Gasteiger partial charge in [0.15, 0.2) is 0 Å². The summed E-state index contributed by atoms with van der Waals surface area (Å²) in [5, 5.41) is 0. The van der Waals surface area contributed by atoms with E-state index in [1.165, 1.54) is 43.2 Å². The molecule has 0 heteroatoms. The summed E-state index contributed by atoms with van der Waals surface area (Å²) in [7, 11) is 0. The molecular weight excluding hydrogens is 252 g/mol. The predicted molar refractivity (Wildman–Crippen MR) is 102 cm³/mol. The van der Waals surface area contributed by atoms with Gasteiger partial charge in [0.1, 0.15) is 0 Å². The second-order valence-electron chi connectivity index (χ2n) is 4.88. The van der Waals surface area contributed by atoms with Crippen LogP contribution in [0.5, 0.6) is 0 Å². The summed E-state index contributed by atoms with van der Waals surface area (Å²) in [6.45, 7) is 17.1. The summed E-state index contributed by atoms with van der Waals surface area (Å²) in [5.41, 5.74) is 2.86. The molecule has 0 aliphatic carbocycles. The number of benzene rings is 1. The molecule has 126 valence electrons. The van der Waals surface area contributed by atoms with E-state index in [0.717, 1.165) is 12.8 Å². The number of aryl methyl sites for hydroxylation is 2. The smallest absolute Gasteiger partial charge is 0.0307 e. The summed E-state index contributed by atoms with van der Waals surface area (Å²) >= 11 is 0. The van der Waals surface area contributed by atoms with Gasteiger partial charge in [0.05, 0.1) is 0 Å². The first kappa shape index (κ1) is 25.2. The quantitative estimate of drug-likeness (QED) is 0.519. The molecule has 0 unspecified atom stereocenters. The zero-order chi connectivity index (χ0) is 16.9. The molecule has 0 aliphatic rings. The van der Waals surface area contributed by atoms with Crippen molar-refractivity contribution in [1.29, 1.82) is 0 Å². The molecule has 0 radical (unpaired) electrons. The van der Waals surface area contributed by atoms with Crippen LogP contribution in [0.25, 0.3) is 0 Å². The van der Waals surface area contributed by atoms with E-state index in [4.69, 9.17) is 0 Å². The van der Waals surface area contributed by atoms with E-state index in [9.17, 15) is 0 Å². The monoisotopic (exact) mass is 294 g/mol. The lowest BCUT2D eigenvalue weighted by Crippen LogP contribution is -1.81. The molecule has 0 amide bonds. The molecule has 0 saturated carbocycles. The van der Waals surface area contributed by atoms with Gasteiger partial charge in [0.25, 0.3) is 0 Å². The maximum atomic E-state index is 2.21. The van der Waals surface area contributed by atoms with Gasteiger partial charge in [-0.25, -0.2) is 0 Å². The molecule has 0 bridgehead atoms. The molecule has 0 N–H and O–H groups in total. The van der Waals surface area contributed by atoms with Gasteiger partial charge in [-0.05, 0) is 24.0 Å². The lowest BCUT2D eigenvalue weighted by Gasteiger charge is -1.97. The van der Waals surface area contributed by atoms with Crippen molar-refractivity contribution in [3.05, 3.63) is 35.4 Å². The van der Waals surface area contributed by atoms with E-state index >= 15 is 0 Å². The summed E-state index contributed by atoms with van der Waals surface area (Å²) in [6, 6.07) is 8.83. The summed E-state index contributed by atoms with van der Waals surface area (Å²) in [5.74, 6) is 0. The first-order chi connectivity index (χ1) is 10.2. The minimum absolute atomic E-state index is 1.14. The summed E-state index contributed by atoms with van der Waals surface area (Å²) in [4.78, 5) is 0. The molecule has 0 heterocycles. The molecule has 1 rings (SSSR count). The van der Waals surface area contributed by atoms with Crippen molar-refractivity contribution in [3.8, 4) is 0 Å². The third kappa shape index (κ3) is 21.7. The maximum Gasteiger partial charge on any atom is -0.0307 e. The molecule has 0 atom stereocenters.